The Hall–Kier alpha value is -1.61. The summed E-state index contributed by atoms with van der Waals surface area (Å²) in [5, 5.41) is 3.76. The zero-order chi connectivity index (χ0) is 14.5. The molecule has 0 saturated heterocycles. The van der Waals surface area contributed by atoms with E-state index in [1.807, 2.05) is 0 Å². The Bertz CT molecular complexity index is 538. The maximum absolute atomic E-state index is 11.9. The molecule has 1 rings (SSSR count). The smallest absolute Gasteiger partial charge is 0.305 e. The number of nitrogens with two attached hydrogens (primary N) is 1. The molecule has 19 heavy (non-hydrogen) atoms. The van der Waals surface area contributed by atoms with Gasteiger partial charge < -0.3 is 10.5 Å². The van der Waals surface area contributed by atoms with E-state index in [-0.39, 0.29) is 29.6 Å². The number of carbonyl (C=O) groups is 1. The van der Waals surface area contributed by atoms with Gasteiger partial charge in [-0.05, 0) is 13.3 Å². The topological polar surface area (TPSA) is 116 Å². The van der Waals surface area contributed by atoms with Gasteiger partial charge in [0.25, 0.3) is 0 Å². The van der Waals surface area contributed by atoms with E-state index in [0.717, 1.165) is 0 Å². The second-order valence-electron chi connectivity index (χ2n) is 3.86. The molecule has 1 aromatic rings. The van der Waals surface area contributed by atoms with Crippen molar-refractivity contribution in [2.75, 3.05) is 18.9 Å². The fourth-order valence-corrected chi connectivity index (χ4v) is 2.62. The Balaban J connectivity index is 2.48. The number of nitrogen functional groups attached to an aromatic ring is 1. The van der Waals surface area contributed by atoms with Crippen molar-refractivity contribution in [3.8, 4) is 0 Å². The van der Waals surface area contributed by atoms with Gasteiger partial charge in [-0.2, -0.15) is 5.10 Å². The number of esters is 1. The Morgan fingerprint density at radius 1 is 1.58 bits per heavy atom. The number of rotatable bonds is 7. The minimum Gasteiger partial charge on any atom is -0.466 e. The van der Waals surface area contributed by atoms with Crippen LogP contribution in [-0.4, -0.2) is 37.3 Å². The number of sulfonamides is 1. The molecule has 1 aromatic heterocycles. The number of ether oxygens (including phenoxy) is 1. The Morgan fingerprint density at radius 3 is 2.79 bits per heavy atom. The van der Waals surface area contributed by atoms with Gasteiger partial charge >= 0.3 is 5.97 Å². The van der Waals surface area contributed by atoms with Crippen LogP contribution in [0.1, 0.15) is 19.8 Å². The molecule has 0 aliphatic carbocycles. The summed E-state index contributed by atoms with van der Waals surface area (Å²) in [6.07, 6.45) is 1.85. The van der Waals surface area contributed by atoms with Gasteiger partial charge in [-0.3, -0.25) is 9.48 Å². The van der Waals surface area contributed by atoms with Crippen molar-refractivity contribution >= 4 is 21.8 Å². The molecule has 0 bridgehead atoms. The van der Waals surface area contributed by atoms with Gasteiger partial charge in [0.05, 0.1) is 6.61 Å². The second kappa shape index (κ2) is 6.53. The number of aryl methyl sites for hydroxylation is 1. The quantitative estimate of drug-likeness (QED) is 0.522. The molecule has 9 heteroatoms. The highest BCUT2D eigenvalue weighted by Gasteiger charge is 2.19. The molecular formula is C10H18N4O4S. The van der Waals surface area contributed by atoms with E-state index in [1.54, 1.807) is 14.0 Å². The minimum atomic E-state index is -3.69. The third-order valence-electron chi connectivity index (χ3n) is 2.27. The van der Waals surface area contributed by atoms with Gasteiger partial charge in [0, 0.05) is 26.2 Å². The standard InChI is InChI=1S/C10H18N4O4S/c1-3-18-9(15)5-4-6-12-19(16,17)8-7-14(2)13-10(8)11/h7,12H,3-6H2,1-2H3,(H2,11,13). The highest BCUT2D eigenvalue weighted by Crippen LogP contribution is 2.14. The molecular weight excluding hydrogens is 272 g/mol. The maximum atomic E-state index is 11.9. The Kier molecular flexibility index (Phi) is 5.31. The van der Waals surface area contributed by atoms with Crippen LogP contribution in [0.4, 0.5) is 5.82 Å². The van der Waals surface area contributed by atoms with Crippen molar-refractivity contribution in [2.45, 2.75) is 24.7 Å². The normalized spacial score (nSPS) is 11.5. The zero-order valence-electron chi connectivity index (χ0n) is 10.9. The largest absolute Gasteiger partial charge is 0.466 e. The number of nitrogens with zero attached hydrogens (tertiary/aromatic N) is 2. The fraction of sp³-hybridized carbons (Fsp3) is 0.600. The molecule has 0 unspecified atom stereocenters. The summed E-state index contributed by atoms with van der Waals surface area (Å²) < 4.78 is 32.2. The van der Waals surface area contributed by atoms with Gasteiger partial charge in [0.1, 0.15) is 4.90 Å². The molecule has 0 atom stereocenters. The summed E-state index contributed by atoms with van der Waals surface area (Å²) in [5.74, 6) is -0.400. The van der Waals surface area contributed by atoms with E-state index in [2.05, 4.69) is 9.82 Å². The highest BCUT2D eigenvalue weighted by molar-refractivity contribution is 7.89. The van der Waals surface area contributed by atoms with Crippen molar-refractivity contribution in [3.05, 3.63) is 6.20 Å². The lowest BCUT2D eigenvalue weighted by Crippen LogP contribution is -2.25. The summed E-state index contributed by atoms with van der Waals surface area (Å²) in [5.41, 5.74) is 5.49. The first kappa shape index (κ1) is 15.4. The van der Waals surface area contributed by atoms with Crippen LogP contribution in [0.15, 0.2) is 11.1 Å². The van der Waals surface area contributed by atoms with E-state index in [1.165, 1.54) is 10.9 Å². The second-order valence-corrected chi connectivity index (χ2v) is 5.59. The average Bonchev–Trinajstić information content (AvgIpc) is 2.65. The molecule has 0 amide bonds. The third-order valence-corrected chi connectivity index (χ3v) is 3.74. The lowest BCUT2D eigenvalue weighted by Gasteiger charge is -2.05. The van der Waals surface area contributed by atoms with Gasteiger partial charge in [0.2, 0.25) is 10.0 Å². The lowest BCUT2D eigenvalue weighted by molar-refractivity contribution is -0.143. The summed E-state index contributed by atoms with van der Waals surface area (Å²) in [6, 6.07) is 0. The van der Waals surface area contributed by atoms with Crippen LogP contribution in [-0.2, 0) is 26.6 Å². The van der Waals surface area contributed by atoms with Crippen LogP contribution >= 0.6 is 0 Å². The van der Waals surface area contributed by atoms with Crippen molar-refractivity contribution in [1.82, 2.24) is 14.5 Å². The van der Waals surface area contributed by atoms with E-state index in [9.17, 15) is 13.2 Å². The predicted octanol–water partition coefficient (Wildman–Crippen LogP) is -0.376. The zero-order valence-corrected chi connectivity index (χ0v) is 11.7. The number of aromatic nitrogens is 2. The number of hydrogen-bond acceptors (Lipinski definition) is 6. The molecule has 0 fully saturated rings. The van der Waals surface area contributed by atoms with Gasteiger partial charge in [-0.1, -0.05) is 0 Å². The van der Waals surface area contributed by atoms with Crippen LogP contribution in [0.2, 0.25) is 0 Å². The molecule has 8 nitrogen and oxygen atoms in total. The van der Waals surface area contributed by atoms with E-state index < -0.39 is 10.0 Å². The van der Waals surface area contributed by atoms with Crippen LogP contribution in [0.25, 0.3) is 0 Å². The summed E-state index contributed by atoms with van der Waals surface area (Å²) in [6.45, 7) is 2.16. The van der Waals surface area contributed by atoms with Crippen LogP contribution < -0.4 is 10.5 Å². The number of anilines is 1. The van der Waals surface area contributed by atoms with Crippen LogP contribution in [0.5, 0.6) is 0 Å². The predicted molar refractivity (Wildman–Crippen MR) is 68.7 cm³/mol. The number of nitrogens with one attached hydrogen (secondary N) is 1. The van der Waals surface area contributed by atoms with Crippen molar-refractivity contribution in [3.63, 3.8) is 0 Å². The summed E-state index contributed by atoms with van der Waals surface area (Å²) in [7, 11) is -2.11. The van der Waals surface area contributed by atoms with Gasteiger partial charge in [-0.25, -0.2) is 13.1 Å². The first-order valence-corrected chi connectivity index (χ1v) is 7.29. The highest BCUT2D eigenvalue weighted by atomic mass is 32.2. The molecule has 108 valence electrons. The SMILES string of the molecule is CCOC(=O)CCCNS(=O)(=O)c1cn(C)nc1N. The first-order valence-electron chi connectivity index (χ1n) is 5.81. The maximum Gasteiger partial charge on any atom is 0.305 e. The number of hydrogen-bond donors (Lipinski definition) is 2. The van der Waals surface area contributed by atoms with Crippen molar-refractivity contribution < 1.29 is 17.9 Å². The van der Waals surface area contributed by atoms with Crippen LogP contribution in [0, 0.1) is 0 Å². The molecule has 0 radical (unpaired) electrons. The van der Waals surface area contributed by atoms with Crippen LogP contribution in [0.3, 0.4) is 0 Å². The molecule has 3 N–H and O–H groups in total. The Morgan fingerprint density at radius 2 is 2.26 bits per heavy atom. The average molecular weight is 290 g/mol. The Labute approximate surface area is 112 Å². The monoisotopic (exact) mass is 290 g/mol. The van der Waals surface area contributed by atoms with Crippen molar-refractivity contribution in [2.24, 2.45) is 7.05 Å². The molecule has 0 spiro atoms. The number of carbonyl (C=O) groups excluding carboxylic acids is 1. The summed E-state index contributed by atoms with van der Waals surface area (Å²) in [4.78, 5) is 11.0. The third kappa shape index (κ3) is 4.52. The lowest BCUT2D eigenvalue weighted by atomic mass is 10.3. The van der Waals surface area contributed by atoms with E-state index in [0.29, 0.717) is 13.0 Å². The molecule has 0 aliphatic heterocycles. The minimum absolute atomic E-state index is 0.0552. The molecule has 0 saturated carbocycles. The molecule has 0 aromatic carbocycles. The van der Waals surface area contributed by atoms with Gasteiger partial charge in [-0.15, -0.1) is 0 Å². The fourth-order valence-electron chi connectivity index (χ4n) is 1.44. The van der Waals surface area contributed by atoms with E-state index >= 15 is 0 Å². The first-order chi connectivity index (χ1) is 8.86. The van der Waals surface area contributed by atoms with Crippen molar-refractivity contribution in [1.29, 1.82) is 0 Å². The molecule has 1 heterocycles. The van der Waals surface area contributed by atoms with E-state index in [4.69, 9.17) is 10.5 Å². The summed E-state index contributed by atoms with van der Waals surface area (Å²) >= 11 is 0. The molecule has 0 aliphatic rings. The van der Waals surface area contributed by atoms with Gasteiger partial charge in [0.15, 0.2) is 5.82 Å².